The second-order valence-corrected chi connectivity index (χ2v) is 7.84. The lowest BCUT2D eigenvalue weighted by molar-refractivity contribution is 0.228. The lowest BCUT2D eigenvalue weighted by Crippen LogP contribution is -2.24. The number of rotatable bonds is 7. The van der Waals surface area contributed by atoms with Crippen molar-refractivity contribution in [1.82, 2.24) is 5.32 Å². The second kappa shape index (κ2) is 9.70. The van der Waals surface area contributed by atoms with Crippen molar-refractivity contribution in [2.75, 3.05) is 25.6 Å². The predicted molar refractivity (Wildman–Crippen MR) is 101 cm³/mol. The molecule has 0 saturated heterocycles. The summed E-state index contributed by atoms with van der Waals surface area (Å²) in [5.41, 5.74) is 0.432. The summed E-state index contributed by atoms with van der Waals surface area (Å²) in [6.07, 6.45) is 1.32. The van der Waals surface area contributed by atoms with E-state index in [0.29, 0.717) is 5.56 Å². The molecular formula is C14H18Cl2FN2O3PS. The van der Waals surface area contributed by atoms with Gasteiger partial charge in [0.2, 0.25) is 0 Å². The molecule has 0 amide bonds. The summed E-state index contributed by atoms with van der Waals surface area (Å²) in [5, 5.41) is 5.66. The third-order valence-electron chi connectivity index (χ3n) is 2.70. The molecule has 0 spiro atoms. The van der Waals surface area contributed by atoms with E-state index >= 15 is 0 Å². The van der Waals surface area contributed by atoms with E-state index in [1.165, 1.54) is 12.1 Å². The molecule has 0 aliphatic heterocycles. The lowest BCUT2D eigenvalue weighted by atomic mass is 10.2. The molecule has 0 heterocycles. The maximum atomic E-state index is 13.9. The van der Waals surface area contributed by atoms with Gasteiger partial charge in [0.1, 0.15) is 10.6 Å². The minimum Gasteiger partial charge on any atom is -0.366 e. The molecule has 0 bridgehead atoms. The van der Waals surface area contributed by atoms with Gasteiger partial charge in [0, 0.05) is 7.05 Å². The molecule has 0 saturated carbocycles. The van der Waals surface area contributed by atoms with Crippen LogP contribution in [0.15, 0.2) is 16.9 Å². The first-order chi connectivity index (χ1) is 11.3. The molecule has 0 aliphatic carbocycles. The summed E-state index contributed by atoms with van der Waals surface area (Å²) in [6.45, 7) is 3.65. The molecule has 10 heteroatoms. The average Bonchev–Trinajstić information content (AvgIpc) is 2.52. The fraction of sp³-hybridized carbons (Fsp3) is 0.357. The van der Waals surface area contributed by atoms with Gasteiger partial charge in [0.15, 0.2) is 5.11 Å². The third-order valence-corrected chi connectivity index (χ3v) is 5.91. The summed E-state index contributed by atoms with van der Waals surface area (Å²) >= 11 is 17.1. The van der Waals surface area contributed by atoms with E-state index in [1.54, 1.807) is 20.9 Å². The minimum absolute atomic E-state index is 0.0890. The van der Waals surface area contributed by atoms with Crippen molar-refractivity contribution in [1.29, 1.82) is 0 Å². The van der Waals surface area contributed by atoms with Gasteiger partial charge in [-0.3, -0.25) is 4.57 Å². The van der Waals surface area contributed by atoms with E-state index in [-0.39, 0.29) is 33.8 Å². The fourth-order valence-electron chi connectivity index (χ4n) is 1.66. The summed E-state index contributed by atoms with van der Waals surface area (Å²) in [6, 6.07) is 2.50. The monoisotopic (exact) mass is 414 g/mol. The maximum Gasteiger partial charge on any atom is 0.372 e. The van der Waals surface area contributed by atoms with Crippen LogP contribution in [0.3, 0.4) is 0 Å². The Labute approximate surface area is 156 Å². The highest BCUT2D eigenvalue weighted by Gasteiger charge is 2.28. The van der Waals surface area contributed by atoms with Gasteiger partial charge in [-0.2, -0.15) is 0 Å². The van der Waals surface area contributed by atoms with Crippen molar-refractivity contribution in [2.24, 2.45) is 0 Å². The third kappa shape index (κ3) is 5.69. The molecule has 134 valence electrons. The SMILES string of the molecule is CCOP(=O)(OCC)C(Cl)=Cc1cc(NC(=S)NC)c(F)cc1Cl. The highest BCUT2D eigenvalue weighted by molar-refractivity contribution is 7.80. The van der Waals surface area contributed by atoms with Gasteiger partial charge in [0.25, 0.3) is 0 Å². The molecule has 0 atom stereocenters. The standard InChI is InChI=1S/C14H18Cl2FN2O3PS/c1-4-21-23(20,22-5-2)13(16)7-9-6-12(19-14(24)18-3)11(17)8-10(9)15/h6-8H,4-5H2,1-3H3,(H2,18,19,24). The molecule has 2 N–H and O–H groups in total. The van der Waals surface area contributed by atoms with Crippen molar-refractivity contribution in [3.05, 3.63) is 33.3 Å². The molecule has 24 heavy (non-hydrogen) atoms. The number of halogens is 3. The Bertz CT molecular complexity index is 678. The van der Waals surface area contributed by atoms with E-state index in [9.17, 15) is 8.96 Å². The van der Waals surface area contributed by atoms with E-state index in [4.69, 9.17) is 44.5 Å². The number of benzene rings is 1. The molecule has 0 radical (unpaired) electrons. The number of thiocarbonyl (C=S) groups is 1. The zero-order valence-electron chi connectivity index (χ0n) is 13.4. The maximum absolute atomic E-state index is 13.9. The Balaban J connectivity index is 3.27. The molecule has 0 aromatic heterocycles. The molecule has 0 aliphatic rings. The normalized spacial score (nSPS) is 12.2. The highest BCUT2D eigenvalue weighted by Crippen LogP contribution is 2.58. The predicted octanol–water partition coefficient (Wildman–Crippen LogP) is 5.20. The molecule has 1 rings (SSSR count). The van der Waals surface area contributed by atoms with Crippen LogP contribution in [0.1, 0.15) is 19.4 Å². The quantitative estimate of drug-likeness (QED) is 0.472. The fourth-order valence-corrected chi connectivity index (χ4v) is 3.69. The van der Waals surface area contributed by atoms with Crippen molar-refractivity contribution in [2.45, 2.75) is 13.8 Å². The summed E-state index contributed by atoms with van der Waals surface area (Å²) in [7, 11) is -2.04. The van der Waals surface area contributed by atoms with Crippen molar-refractivity contribution >= 4 is 59.9 Å². The Morgan fingerprint density at radius 3 is 2.46 bits per heavy atom. The van der Waals surface area contributed by atoms with E-state index in [2.05, 4.69) is 10.6 Å². The van der Waals surface area contributed by atoms with Crippen LogP contribution < -0.4 is 10.6 Å². The molecular weight excluding hydrogens is 397 g/mol. The molecule has 0 fully saturated rings. The van der Waals surface area contributed by atoms with Crippen LogP contribution in [0.2, 0.25) is 5.02 Å². The first-order valence-electron chi connectivity index (χ1n) is 7.02. The van der Waals surface area contributed by atoms with Crippen LogP contribution in [-0.4, -0.2) is 25.4 Å². The van der Waals surface area contributed by atoms with E-state index in [1.807, 2.05) is 0 Å². The molecule has 1 aromatic rings. The average molecular weight is 415 g/mol. The first kappa shape index (κ1) is 21.4. The molecule has 1 aromatic carbocycles. The van der Waals surface area contributed by atoms with Gasteiger partial charge in [-0.15, -0.1) is 0 Å². The van der Waals surface area contributed by atoms with Crippen LogP contribution in [0.25, 0.3) is 6.08 Å². The van der Waals surface area contributed by atoms with Crippen LogP contribution >= 0.6 is 43.0 Å². The topological polar surface area (TPSA) is 59.6 Å². The minimum atomic E-state index is -3.64. The molecule has 5 nitrogen and oxygen atoms in total. The van der Waals surface area contributed by atoms with Crippen molar-refractivity contribution in [3.63, 3.8) is 0 Å². The van der Waals surface area contributed by atoms with Gasteiger partial charge in [-0.05, 0) is 49.8 Å². The Morgan fingerprint density at radius 2 is 1.96 bits per heavy atom. The smallest absolute Gasteiger partial charge is 0.366 e. The van der Waals surface area contributed by atoms with Gasteiger partial charge in [0.05, 0.1) is 23.9 Å². The van der Waals surface area contributed by atoms with Crippen molar-refractivity contribution < 1.29 is 18.0 Å². The van der Waals surface area contributed by atoms with Crippen LogP contribution in [0, 0.1) is 5.82 Å². The van der Waals surface area contributed by atoms with Crippen molar-refractivity contribution in [3.8, 4) is 0 Å². The van der Waals surface area contributed by atoms with Gasteiger partial charge < -0.3 is 19.7 Å². The van der Waals surface area contributed by atoms with Crippen LogP contribution in [0.4, 0.5) is 10.1 Å². The largest absolute Gasteiger partial charge is 0.372 e. The number of anilines is 1. The number of hydrogen-bond donors (Lipinski definition) is 2. The number of hydrogen-bond acceptors (Lipinski definition) is 4. The highest BCUT2D eigenvalue weighted by atomic mass is 35.5. The summed E-state index contributed by atoms with van der Waals surface area (Å²) < 4.78 is 36.7. The van der Waals surface area contributed by atoms with E-state index in [0.717, 1.165) is 6.07 Å². The van der Waals surface area contributed by atoms with Crippen LogP contribution in [-0.2, 0) is 13.6 Å². The first-order valence-corrected chi connectivity index (χ1v) is 9.72. The zero-order valence-corrected chi connectivity index (χ0v) is 16.6. The Morgan fingerprint density at radius 1 is 1.38 bits per heavy atom. The Kier molecular flexibility index (Phi) is 8.63. The summed E-state index contributed by atoms with van der Waals surface area (Å²) in [4.78, 5) is 0. The Hall–Kier alpha value is -0.690. The zero-order chi connectivity index (χ0) is 18.3. The van der Waals surface area contributed by atoms with Gasteiger partial charge >= 0.3 is 7.60 Å². The number of nitrogens with one attached hydrogen (secondary N) is 2. The van der Waals surface area contributed by atoms with Gasteiger partial charge in [-0.25, -0.2) is 4.39 Å². The van der Waals surface area contributed by atoms with E-state index < -0.39 is 13.4 Å². The van der Waals surface area contributed by atoms with Crippen LogP contribution in [0.5, 0.6) is 0 Å². The molecule has 0 unspecified atom stereocenters. The second-order valence-electron chi connectivity index (χ2n) is 4.36. The lowest BCUT2D eigenvalue weighted by Gasteiger charge is -2.16. The van der Waals surface area contributed by atoms with Gasteiger partial charge in [-0.1, -0.05) is 23.2 Å². The summed E-state index contributed by atoms with van der Waals surface area (Å²) in [5.74, 6) is -0.594.